The lowest BCUT2D eigenvalue weighted by Gasteiger charge is -1.99. The summed E-state index contributed by atoms with van der Waals surface area (Å²) in [7, 11) is 1.39. The Morgan fingerprint density at radius 2 is 2.37 bits per heavy atom. The predicted molar refractivity (Wildman–Crippen MR) is 65.0 cm³/mol. The standard InChI is InChI=1S/C11H11N3O5/c1-19-10-6-5-9(14(17)18)8(13-10)4-2-3-7-12-11(15)16/h5-6,12H,3,7H2,1H3,(H,15,16). The molecular weight excluding hydrogens is 254 g/mol. The molecule has 100 valence electrons. The third kappa shape index (κ3) is 4.51. The van der Waals surface area contributed by atoms with Crippen LogP contribution in [-0.2, 0) is 0 Å². The molecule has 0 aromatic carbocycles. The monoisotopic (exact) mass is 265 g/mol. The highest BCUT2D eigenvalue weighted by Gasteiger charge is 2.14. The van der Waals surface area contributed by atoms with Crippen molar-refractivity contribution < 1.29 is 19.6 Å². The Bertz CT molecular complexity index is 547. The van der Waals surface area contributed by atoms with Gasteiger partial charge in [-0.05, 0) is 5.92 Å². The third-order valence-electron chi connectivity index (χ3n) is 1.99. The zero-order valence-corrected chi connectivity index (χ0v) is 10.0. The van der Waals surface area contributed by atoms with Crippen molar-refractivity contribution in [1.29, 1.82) is 0 Å². The third-order valence-corrected chi connectivity index (χ3v) is 1.99. The molecule has 0 aliphatic heterocycles. The minimum Gasteiger partial charge on any atom is -0.481 e. The lowest BCUT2D eigenvalue weighted by molar-refractivity contribution is -0.385. The Balaban J connectivity index is 2.83. The fourth-order valence-electron chi connectivity index (χ4n) is 1.17. The first-order chi connectivity index (χ1) is 9.04. The SMILES string of the molecule is COc1ccc([N+](=O)[O-])c(C#CCCNC(=O)O)n1. The molecule has 0 fully saturated rings. The lowest BCUT2D eigenvalue weighted by atomic mass is 10.3. The van der Waals surface area contributed by atoms with Gasteiger partial charge in [0, 0.05) is 25.1 Å². The van der Waals surface area contributed by atoms with Crippen molar-refractivity contribution in [2.45, 2.75) is 6.42 Å². The van der Waals surface area contributed by atoms with E-state index in [0.717, 1.165) is 0 Å². The normalized spacial score (nSPS) is 9.11. The van der Waals surface area contributed by atoms with Crippen molar-refractivity contribution in [1.82, 2.24) is 10.3 Å². The zero-order valence-electron chi connectivity index (χ0n) is 10.0. The molecule has 0 saturated heterocycles. The van der Waals surface area contributed by atoms with Crippen LogP contribution in [0.1, 0.15) is 12.1 Å². The summed E-state index contributed by atoms with van der Waals surface area (Å²) in [5, 5.41) is 21.2. The lowest BCUT2D eigenvalue weighted by Crippen LogP contribution is -2.21. The number of aromatic nitrogens is 1. The minimum absolute atomic E-state index is 0.0142. The fourth-order valence-corrected chi connectivity index (χ4v) is 1.17. The van der Waals surface area contributed by atoms with Gasteiger partial charge < -0.3 is 15.2 Å². The maximum absolute atomic E-state index is 10.8. The summed E-state index contributed by atoms with van der Waals surface area (Å²) >= 11 is 0. The smallest absolute Gasteiger partial charge is 0.404 e. The van der Waals surface area contributed by atoms with Crippen LogP contribution in [0, 0.1) is 22.0 Å². The Kier molecular flexibility index (Phi) is 5.10. The van der Waals surface area contributed by atoms with E-state index in [-0.39, 0.29) is 30.2 Å². The average molecular weight is 265 g/mol. The molecule has 0 saturated carbocycles. The van der Waals surface area contributed by atoms with Gasteiger partial charge in [-0.1, -0.05) is 5.92 Å². The molecule has 8 nitrogen and oxygen atoms in total. The van der Waals surface area contributed by atoms with Crippen LogP contribution in [0.15, 0.2) is 12.1 Å². The maximum atomic E-state index is 10.8. The predicted octanol–water partition coefficient (Wildman–Crippen LogP) is 1.01. The molecule has 0 unspecified atom stereocenters. The van der Waals surface area contributed by atoms with E-state index >= 15 is 0 Å². The van der Waals surface area contributed by atoms with E-state index in [2.05, 4.69) is 22.1 Å². The van der Waals surface area contributed by atoms with E-state index in [1.54, 1.807) is 0 Å². The van der Waals surface area contributed by atoms with E-state index in [1.807, 2.05) is 0 Å². The van der Waals surface area contributed by atoms with Crippen molar-refractivity contribution in [3.8, 4) is 17.7 Å². The van der Waals surface area contributed by atoms with Gasteiger partial charge in [0.05, 0.1) is 12.0 Å². The molecule has 0 bridgehead atoms. The highest BCUT2D eigenvalue weighted by molar-refractivity contribution is 5.64. The second-order valence-corrected chi connectivity index (χ2v) is 3.26. The quantitative estimate of drug-likeness (QED) is 0.363. The van der Waals surface area contributed by atoms with Crippen LogP contribution < -0.4 is 10.1 Å². The van der Waals surface area contributed by atoms with E-state index < -0.39 is 11.0 Å². The number of hydrogen-bond donors (Lipinski definition) is 2. The molecule has 19 heavy (non-hydrogen) atoms. The molecule has 1 aromatic heterocycles. The average Bonchev–Trinajstić information content (AvgIpc) is 2.37. The highest BCUT2D eigenvalue weighted by atomic mass is 16.6. The van der Waals surface area contributed by atoms with Gasteiger partial charge in [0.1, 0.15) is 0 Å². The number of pyridine rings is 1. The Morgan fingerprint density at radius 3 is 2.95 bits per heavy atom. The molecule has 0 radical (unpaired) electrons. The summed E-state index contributed by atoms with van der Waals surface area (Å²) in [5.41, 5.74) is -0.237. The highest BCUT2D eigenvalue weighted by Crippen LogP contribution is 2.18. The van der Waals surface area contributed by atoms with Crippen LogP contribution in [0.4, 0.5) is 10.5 Å². The molecule has 0 aliphatic rings. The number of nitro groups is 1. The summed E-state index contributed by atoms with van der Waals surface area (Å²) < 4.78 is 4.86. The molecule has 0 atom stereocenters. The molecule has 1 rings (SSSR count). The summed E-state index contributed by atoms with van der Waals surface area (Å²) in [6.07, 6.45) is -0.921. The van der Waals surface area contributed by atoms with E-state index in [1.165, 1.54) is 19.2 Å². The number of ether oxygens (including phenoxy) is 1. The van der Waals surface area contributed by atoms with Crippen LogP contribution in [0.3, 0.4) is 0 Å². The maximum Gasteiger partial charge on any atom is 0.404 e. The van der Waals surface area contributed by atoms with Crippen molar-refractivity contribution >= 4 is 11.8 Å². The van der Waals surface area contributed by atoms with Crippen LogP contribution in [-0.4, -0.2) is 34.8 Å². The first kappa shape index (κ1) is 14.2. The number of carbonyl (C=O) groups is 1. The molecule has 2 N–H and O–H groups in total. The Hall–Kier alpha value is -2.82. The summed E-state index contributed by atoms with van der Waals surface area (Å²) in [6.45, 7) is 0.139. The summed E-state index contributed by atoms with van der Waals surface area (Å²) in [5.74, 6) is 5.35. The van der Waals surface area contributed by atoms with Gasteiger partial charge in [-0.25, -0.2) is 4.79 Å². The van der Waals surface area contributed by atoms with Crippen molar-refractivity contribution in [2.75, 3.05) is 13.7 Å². The van der Waals surface area contributed by atoms with Gasteiger partial charge in [0.2, 0.25) is 5.88 Å². The first-order valence-corrected chi connectivity index (χ1v) is 5.19. The number of rotatable bonds is 4. The van der Waals surface area contributed by atoms with Gasteiger partial charge in [-0.2, -0.15) is 4.98 Å². The number of nitrogens with one attached hydrogen (secondary N) is 1. The second-order valence-electron chi connectivity index (χ2n) is 3.26. The van der Waals surface area contributed by atoms with Crippen molar-refractivity contribution in [2.24, 2.45) is 0 Å². The molecule has 1 heterocycles. The molecule has 0 spiro atoms. The summed E-state index contributed by atoms with van der Waals surface area (Å²) in [6, 6.07) is 2.63. The summed E-state index contributed by atoms with van der Waals surface area (Å²) in [4.78, 5) is 24.2. The second kappa shape index (κ2) is 6.80. The van der Waals surface area contributed by atoms with Crippen LogP contribution in [0.5, 0.6) is 5.88 Å². The van der Waals surface area contributed by atoms with Gasteiger partial charge >= 0.3 is 11.8 Å². The van der Waals surface area contributed by atoms with Crippen LogP contribution >= 0.6 is 0 Å². The van der Waals surface area contributed by atoms with Crippen molar-refractivity contribution in [3.63, 3.8) is 0 Å². The molecule has 0 aliphatic carbocycles. The van der Waals surface area contributed by atoms with E-state index in [9.17, 15) is 14.9 Å². The molecule has 1 aromatic rings. The van der Waals surface area contributed by atoms with E-state index in [4.69, 9.17) is 9.84 Å². The van der Waals surface area contributed by atoms with Crippen LogP contribution in [0.25, 0.3) is 0 Å². The largest absolute Gasteiger partial charge is 0.481 e. The minimum atomic E-state index is -1.15. The van der Waals surface area contributed by atoms with Gasteiger partial charge in [0.25, 0.3) is 0 Å². The number of hydrogen-bond acceptors (Lipinski definition) is 5. The zero-order chi connectivity index (χ0) is 14.3. The van der Waals surface area contributed by atoms with Crippen LogP contribution in [0.2, 0.25) is 0 Å². The topological polar surface area (TPSA) is 115 Å². The number of carboxylic acid groups (broad SMARTS) is 1. The first-order valence-electron chi connectivity index (χ1n) is 5.19. The number of methoxy groups -OCH3 is 1. The molecule has 8 heteroatoms. The van der Waals surface area contributed by atoms with Gasteiger partial charge in [-0.3, -0.25) is 10.1 Å². The van der Waals surface area contributed by atoms with E-state index in [0.29, 0.717) is 0 Å². The van der Waals surface area contributed by atoms with Crippen molar-refractivity contribution in [3.05, 3.63) is 27.9 Å². The number of amides is 1. The Morgan fingerprint density at radius 1 is 1.63 bits per heavy atom. The molecular formula is C11H11N3O5. The molecule has 1 amide bonds. The Labute approximate surface area is 108 Å². The fraction of sp³-hybridized carbons (Fsp3) is 0.273. The van der Waals surface area contributed by atoms with Gasteiger partial charge in [0.15, 0.2) is 5.69 Å². The number of nitrogens with zero attached hydrogens (tertiary/aromatic N) is 2. The van der Waals surface area contributed by atoms with Gasteiger partial charge in [-0.15, -0.1) is 0 Å².